The molecule has 2 aromatic carbocycles. The number of hydrogen-bond acceptors (Lipinski definition) is 3. The predicted octanol–water partition coefficient (Wildman–Crippen LogP) is 3.73. The summed E-state index contributed by atoms with van der Waals surface area (Å²) in [6.07, 6.45) is 0. The van der Waals surface area contributed by atoms with E-state index in [2.05, 4.69) is 0 Å². The van der Waals surface area contributed by atoms with E-state index < -0.39 is 11.8 Å². The van der Waals surface area contributed by atoms with Crippen molar-refractivity contribution in [3.05, 3.63) is 63.9 Å². The number of hydrogen-bond donors (Lipinski definition) is 1. The van der Waals surface area contributed by atoms with Gasteiger partial charge in [-0.05, 0) is 36.8 Å². The summed E-state index contributed by atoms with van der Waals surface area (Å²) in [6, 6.07) is 8.98. The zero-order valence-corrected chi connectivity index (χ0v) is 11.6. The molecule has 2 N–H and O–H groups in total. The molecule has 2 rings (SSSR count). The highest BCUT2D eigenvalue weighted by molar-refractivity contribution is 6.31. The molecule has 104 valence electrons. The van der Waals surface area contributed by atoms with Crippen molar-refractivity contribution in [1.82, 2.24) is 0 Å². The Bertz CT molecular complexity index is 658. The summed E-state index contributed by atoms with van der Waals surface area (Å²) in [5, 5.41) is 0.519. The van der Waals surface area contributed by atoms with Gasteiger partial charge in [-0.15, -0.1) is 0 Å². The Hall–Kier alpha value is -2.07. The van der Waals surface area contributed by atoms with Gasteiger partial charge in [0.25, 0.3) is 0 Å². The number of carbonyl (C=O) groups is 1. The van der Waals surface area contributed by atoms with Crippen LogP contribution in [0.4, 0.5) is 10.1 Å². The first-order chi connectivity index (χ1) is 9.47. The number of esters is 1. The predicted molar refractivity (Wildman–Crippen MR) is 76.1 cm³/mol. The second kappa shape index (κ2) is 5.92. The number of nitrogen functional groups attached to an aromatic ring is 1. The molecule has 0 atom stereocenters. The lowest BCUT2D eigenvalue weighted by Crippen LogP contribution is -2.09. The summed E-state index contributed by atoms with van der Waals surface area (Å²) < 4.78 is 18.2. The third kappa shape index (κ3) is 3.27. The quantitative estimate of drug-likeness (QED) is 0.693. The van der Waals surface area contributed by atoms with Gasteiger partial charge in [-0.3, -0.25) is 0 Å². The first-order valence-electron chi connectivity index (χ1n) is 5.94. The zero-order valence-electron chi connectivity index (χ0n) is 10.8. The highest BCUT2D eigenvalue weighted by atomic mass is 35.5. The van der Waals surface area contributed by atoms with Crippen molar-refractivity contribution in [2.75, 3.05) is 5.73 Å². The fourth-order valence-corrected chi connectivity index (χ4v) is 1.99. The Labute approximate surface area is 121 Å². The van der Waals surface area contributed by atoms with Gasteiger partial charge in [0.1, 0.15) is 12.4 Å². The Morgan fingerprint density at radius 3 is 2.75 bits per heavy atom. The Kier molecular flexibility index (Phi) is 4.25. The van der Waals surface area contributed by atoms with Crippen molar-refractivity contribution >= 4 is 23.3 Å². The lowest BCUT2D eigenvalue weighted by molar-refractivity contribution is 0.0473. The lowest BCUT2D eigenvalue weighted by atomic mass is 10.1. The van der Waals surface area contributed by atoms with Crippen LogP contribution in [0.3, 0.4) is 0 Å². The normalized spacial score (nSPS) is 10.3. The largest absolute Gasteiger partial charge is 0.457 e. The van der Waals surface area contributed by atoms with E-state index in [1.807, 2.05) is 13.0 Å². The maximum absolute atomic E-state index is 13.1. The van der Waals surface area contributed by atoms with Crippen molar-refractivity contribution < 1.29 is 13.9 Å². The van der Waals surface area contributed by atoms with Crippen molar-refractivity contribution in [3.63, 3.8) is 0 Å². The average Bonchev–Trinajstić information content (AvgIpc) is 2.40. The second-order valence-corrected chi connectivity index (χ2v) is 4.81. The van der Waals surface area contributed by atoms with E-state index in [1.165, 1.54) is 12.1 Å². The molecule has 0 aliphatic rings. The summed E-state index contributed by atoms with van der Waals surface area (Å²) in [4.78, 5) is 11.9. The Morgan fingerprint density at radius 1 is 1.30 bits per heavy atom. The maximum Gasteiger partial charge on any atom is 0.340 e. The van der Waals surface area contributed by atoms with Gasteiger partial charge in [0, 0.05) is 16.3 Å². The van der Waals surface area contributed by atoms with E-state index in [0.717, 1.165) is 11.6 Å². The first kappa shape index (κ1) is 14.3. The second-order valence-electron chi connectivity index (χ2n) is 4.40. The summed E-state index contributed by atoms with van der Waals surface area (Å²) >= 11 is 6.04. The minimum absolute atomic E-state index is 0.00762. The highest BCUT2D eigenvalue weighted by Crippen LogP contribution is 2.20. The van der Waals surface area contributed by atoms with E-state index >= 15 is 0 Å². The number of halogens is 2. The van der Waals surface area contributed by atoms with Gasteiger partial charge in [-0.25, -0.2) is 9.18 Å². The summed E-state index contributed by atoms with van der Waals surface area (Å²) in [5.74, 6) is -1.22. The molecule has 0 aromatic heterocycles. The molecular weight excluding hydrogens is 281 g/mol. The van der Waals surface area contributed by atoms with Crippen molar-refractivity contribution in [3.8, 4) is 0 Å². The van der Waals surface area contributed by atoms with Crippen LogP contribution in [0.1, 0.15) is 21.5 Å². The van der Waals surface area contributed by atoms with Crippen LogP contribution in [0.2, 0.25) is 5.02 Å². The van der Waals surface area contributed by atoms with Gasteiger partial charge in [0.2, 0.25) is 0 Å². The minimum atomic E-state index is -0.682. The average molecular weight is 294 g/mol. The number of nitrogens with two attached hydrogens (primary N) is 1. The summed E-state index contributed by atoms with van der Waals surface area (Å²) in [7, 11) is 0. The number of anilines is 1. The highest BCUT2D eigenvalue weighted by Gasteiger charge is 2.13. The third-order valence-electron chi connectivity index (χ3n) is 2.80. The molecule has 2 aromatic rings. The molecule has 0 spiro atoms. The van der Waals surface area contributed by atoms with Crippen LogP contribution in [0, 0.1) is 12.7 Å². The molecule has 0 fully saturated rings. The van der Waals surface area contributed by atoms with E-state index in [1.54, 1.807) is 12.1 Å². The number of aryl methyl sites for hydroxylation is 1. The minimum Gasteiger partial charge on any atom is -0.457 e. The van der Waals surface area contributed by atoms with Crippen LogP contribution < -0.4 is 5.73 Å². The van der Waals surface area contributed by atoms with Gasteiger partial charge in [0.05, 0.1) is 5.56 Å². The SMILES string of the molecule is Cc1ccc(COC(=O)c2cc(F)ccc2N)c(Cl)c1. The van der Waals surface area contributed by atoms with E-state index in [0.29, 0.717) is 10.6 Å². The molecule has 0 radical (unpaired) electrons. The molecule has 20 heavy (non-hydrogen) atoms. The van der Waals surface area contributed by atoms with Crippen LogP contribution in [0.15, 0.2) is 36.4 Å². The molecule has 0 unspecified atom stereocenters. The van der Waals surface area contributed by atoms with E-state index in [-0.39, 0.29) is 17.9 Å². The smallest absolute Gasteiger partial charge is 0.340 e. The Morgan fingerprint density at radius 2 is 2.05 bits per heavy atom. The van der Waals surface area contributed by atoms with Gasteiger partial charge in [0.15, 0.2) is 0 Å². The molecule has 0 aliphatic heterocycles. The fraction of sp³-hybridized carbons (Fsp3) is 0.133. The van der Waals surface area contributed by atoms with Crippen molar-refractivity contribution in [2.24, 2.45) is 0 Å². The van der Waals surface area contributed by atoms with Gasteiger partial charge < -0.3 is 10.5 Å². The number of carbonyl (C=O) groups excluding carboxylic acids is 1. The molecule has 0 saturated carbocycles. The van der Waals surface area contributed by atoms with Crippen LogP contribution in [0.5, 0.6) is 0 Å². The molecule has 0 bridgehead atoms. The van der Waals surface area contributed by atoms with Crippen LogP contribution in [0.25, 0.3) is 0 Å². The number of rotatable bonds is 3. The number of ether oxygens (including phenoxy) is 1. The third-order valence-corrected chi connectivity index (χ3v) is 3.15. The van der Waals surface area contributed by atoms with Crippen LogP contribution in [-0.2, 0) is 11.3 Å². The Balaban J connectivity index is 2.10. The zero-order chi connectivity index (χ0) is 14.7. The fourth-order valence-electron chi connectivity index (χ4n) is 1.70. The van der Waals surface area contributed by atoms with Crippen LogP contribution in [-0.4, -0.2) is 5.97 Å². The molecule has 5 heteroatoms. The van der Waals surface area contributed by atoms with E-state index in [9.17, 15) is 9.18 Å². The van der Waals surface area contributed by atoms with Crippen molar-refractivity contribution in [1.29, 1.82) is 0 Å². The van der Waals surface area contributed by atoms with Gasteiger partial charge in [-0.1, -0.05) is 23.7 Å². The summed E-state index contributed by atoms with van der Waals surface area (Å²) in [5.41, 5.74) is 7.49. The molecule has 0 heterocycles. The standard InChI is InChI=1S/C15H13ClFNO2/c1-9-2-3-10(13(16)6-9)8-20-15(19)12-7-11(17)4-5-14(12)18/h2-7H,8,18H2,1H3. The molecule has 0 saturated heterocycles. The molecule has 0 aliphatic carbocycles. The molecule has 3 nitrogen and oxygen atoms in total. The number of benzene rings is 2. The van der Waals surface area contributed by atoms with Gasteiger partial charge >= 0.3 is 5.97 Å². The summed E-state index contributed by atoms with van der Waals surface area (Å²) in [6.45, 7) is 1.92. The monoisotopic (exact) mass is 293 g/mol. The molecular formula is C15H13ClFNO2. The molecule has 0 amide bonds. The van der Waals surface area contributed by atoms with Crippen LogP contribution >= 0.6 is 11.6 Å². The lowest BCUT2D eigenvalue weighted by Gasteiger charge is -2.09. The van der Waals surface area contributed by atoms with Gasteiger partial charge in [-0.2, -0.15) is 0 Å². The first-order valence-corrected chi connectivity index (χ1v) is 6.32. The van der Waals surface area contributed by atoms with E-state index in [4.69, 9.17) is 22.1 Å². The topological polar surface area (TPSA) is 52.3 Å². The van der Waals surface area contributed by atoms with Crippen molar-refractivity contribution in [2.45, 2.75) is 13.5 Å². The maximum atomic E-state index is 13.1.